The number of aryl methyl sites for hydroxylation is 1. The van der Waals surface area contributed by atoms with Crippen molar-refractivity contribution in [2.75, 3.05) is 0 Å². The Balaban J connectivity index is 3.25. The van der Waals surface area contributed by atoms with Crippen molar-refractivity contribution in [3.8, 4) is 0 Å². The van der Waals surface area contributed by atoms with E-state index in [0.717, 1.165) is 0 Å². The molecule has 0 atom stereocenters. The van der Waals surface area contributed by atoms with E-state index < -0.39 is 10.4 Å². The molecule has 0 fully saturated rings. The molecule has 0 radical (unpaired) electrons. The number of nitrogens with zero attached hydrogens (tertiary/aromatic N) is 1. The van der Waals surface area contributed by atoms with Gasteiger partial charge in [0.2, 0.25) is 0 Å². The van der Waals surface area contributed by atoms with Crippen LogP contribution >= 0.6 is 11.8 Å². The number of rotatable bonds is 2. The second kappa shape index (κ2) is 4.32. The normalized spacial score (nSPS) is 11.6. The van der Waals surface area contributed by atoms with Gasteiger partial charge in [0.1, 0.15) is 0 Å². The van der Waals surface area contributed by atoms with Gasteiger partial charge in [0.25, 0.3) is 5.69 Å². The molecule has 0 saturated carbocycles. The van der Waals surface area contributed by atoms with E-state index >= 15 is 0 Å². The molecular weight excluding hydrogens is 243 g/mol. The van der Waals surface area contributed by atoms with Crippen molar-refractivity contribution < 1.29 is 18.1 Å². The lowest BCUT2D eigenvalue weighted by molar-refractivity contribution is -0.385. The van der Waals surface area contributed by atoms with Crippen molar-refractivity contribution in [1.29, 1.82) is 0 Å². The third-order valence-corrected chi connectivity index (χ3v) is 2.77. The third kappa shape index (κ3) is 3.13. The molecule has 1 rings (SSSR count). The Morgan fingerprint density at radius 2 is 1.88 bits per heavy atom. The van der Waals surface area contributed by atoms with E-state index in [1.54, 1.807) is 0 Å². The van der Waals surface area contributed by atoms with Crippen LogP contribution in [0.1, 0.15) is 11.1 Å². The first-order valence-corrected chi connectivity index (χ1v) is 5.04. The molecule has 0 N–H and O–H groups in total. The molecule has 88 valence electrons. The fraction of sp³-hybridized carbons (Fsp3) is 0.333. The standard InChI is InChI=1S/C9H8F3NO2S/c1-5-3-7(13(14)15)6(2)8(4-5)16-9(10,11)12/h3-4H,1-2H3. The van der Waals surface area contributed by atoms with Gasteiger partial charge in [-0.15, -0.1) is 0 Å². The fourth-order valence-electron chi connectivity index (χ4n) is 1.23. The Kier molecular flexibility index (Phi) is 3.47. The number of nitro benzene ring substituents is 1. The van der Waals surface area contributed by atoms with Gasteiger partial charge in [0.15, 0.2) is 0 Å². The van der Waals surface area contributed by atoms with Crippen LogP contribution in [0.15, 0.2) is 17.0 Å². The van der Waals surface area contributed by atoms with E-state index in [1.165, 1.54) is 26.0 Å². The summed E-state index contributed by atoms with van der Waals surface area (Å²) >= 11 is -0.331. The lowest BCUT2D eigenvalue weighted by Gasteiger charge is -2.09. The maximum absolute atomic E-state index is 12.2. The largest absolute Gasteiger partial charge is 0.446 e. The predicted octanol–water partition coefficient (Wildman–Crippen LogP) is 3.82. The molecule has 0 unspecified atom stereocenters. The van der Waals surface area contributed by atoms with Crippen molar-refractivity contribution in [2.24, 2.45) is 0 Å². The fourth-order valence-corrected chi connectivity index (χ4v) is 1.98. The SMILES string of the molecule is Cc1cc(SC(F)(F)F)c(C)c([N+](=O)[O-])c1. The van der Waals surface area contributed by atoms with Gasteiger partial charge in [0.05, 0.1) is 4.92 Å². The molecule has 0 amide bonds. The Labute approximate surface area is 93.8 Å². The van der Waals surface area contributed by atoms with Gasteiger partial charge in [-0.05, 0) is 37.2 Å². The Morgan fingerprint density at radius 3 is 2.31 bits per heavy atom. The topological polar surface area (TPSA) is 43.1 Å². The highest BCUT2D eigenvalue weighted by atomic mass is 32.2. The Bertz CT molecular complexity index is 431. The molecule has 0 bridgehead atoms. The summed E-state index contributed by atoms with van der Waals surface area (Å²) in [5, 5.41) is 10.6. The smallest absolute Gasteiger partial charge is 0.258 e. The van der Waals surface area contributed by atoms with Crippen molar-refractivity contribution in [2.45, 2.75) is 24.3 Å². The summed E-state index contributed by atoms with van der Waals surface area (Å²) in [6.45, 7) is 2.83. The van der Waals surface area contributed by atoms with Crippen LogP contribution in [0.2, 0.25) is 0 Å². The van der Waals surface area contributed by atoms with E-state index in [9.17, 15) is 23.3 Å². The van der Waals surface area contributed by atoms with E-state index in [0.29, 0.717) is 5.56 Å². The third-order valence-electron chi connectivity index (χ3n) is 1.90. The van der Waals surface area contributed by atoms with E-state index in [2.05, 4.69) is 0 Å². The number of hydrogen-bond donors (Lipinski definition) is 0. The first-order chi connectivity index (χ1) is 7.20. The minimum atomic E-state index is -4.44. The average molecular weight is 251 g/mol. The van der Waals surface area contributed by atoms with Crippen molar-refractivity contribution >= 4 is 17.4 Å². The van der Waals surface area contributed by atoms with E-state index in [1.807, 2.05) is 0 Å². The molecule has 0 aliphatic heterocycles. The average Bonchev–Trinajstić information content (AvgIpc) is 2.07. The van der Waals surface area contributed by atoms with Crippen LogP contribution in [0.25, 0.3) is 0 Å². The van der Waals surface area contributed by atoms with Crippen LogP contribution in [0.5, 0.6) is 0 Å². The highest BCUT2D eigenvalue weighted by Gasteiger charge is 2.31. The Morgan fingerprint density at radius 1 is 1.31 bits per heavy atom. The molecular formula is C9H8F3NO2S. The maximum atomic E-state index is 12.2. The van der Waals surface area contributed by atoms with Gasteiger partial charge >= 0.3 is 5.51 Å². The zero-order chi connectivity index (χ0) is 12.5. The van der Waals surface area contributed by atoms with E-state index in [4.69, 9.17) is 0 Å². The van der Waals surface area contributed by atoms with Gasteiger partial charge < -0.3 is 0 Å². The minimum Gasteiger partial charge on any atom is -0.258 e. The zero-order valence-electron chi connectivity index (χ0n) is 8.46. The summed E-state index contributed by atoms with van der Waals surface area (Å²) in [7, 11) is 0. The predicted molar refractivity (Wildman–Crippen MR) is 54.5 cm³/mol. The molecule has 3 nitrogen and oxygen atoms in total. The van der Waals surface area contributed by atoms with Crippen molar-refractivity contribution in [3.63, 3.8) is 0 Å². The van der Waals surface area contributed by atoms with Crippen LogP contribution in [-0.2, 0) is 0 Å². The summed E-state index contributed by atoms with van der Waals surface area (Å²) in [5.74, 6) is 0. The van der Waals surface area contributed by atoms with Crippen LogP contribution in [0.4, 0.5) is 18.9 Å². The Hall–Kier alpha value is -1.24. The van der Waals surface area contributed by atoms with Crippen LogP contribution in [0.3, 0.4) is 0 Å². The summed E-state index contributed by atoms with van der Waals surface area (Å²) in [4.78, 5) is 9.80. The number of halogens is 3. The molecule has 0 saturated heterocycles. The highest BCUT2D eigenvalue weighted by Crippen LogP contribution is 2.41. The van der Waals surface area contributed by atoms with Gasteiger partial charge in [-0.1, -0.05) is 0 Å². The van der Waals surface area contributed by atoms with Crippen molar-refractivity contribution in [3.05, 3.63) is 33.4 Å². The number of benzene rings is 1. The summed E-state index contributed by atoms with van der Waals surface area (Å²) < 4.78 is 36.5. The molecule has 0 heterocycles. The van der Waals surface area contributed by atoms with Gasteiger partial charge in [-0.2, -0.15) is 13.2 Å². The van der Waals surface area contributed by atoms with Crippen LogP contribution < -0.4 is 0 Å². The summed E-state index contributed by atoms with van der Waals surface area (Å²) in [5.41, 5.74) is -4.25. The second-order valence-corrected chi connectivity index (χ2v) is 4.32. The van der Waals surface area contributed by atoms with Crippen molar-refractivity contribution in [1.82, 2.24) is 0 Å². The molecule has 1 aromatic rings. The molecule has 7 heteroatoms. The number of thioether (sulfide) groups is 1. The number of hydrogen-bond acceptors (Lipinski definition) is 3. The lowest BCUT2D eigenvalue weighted by Crippen LogP contribution is -2.02. The molecule has 16 heavy (non-hydrogen) atoms. The van der Waals surface area contributed by atoms with E-state index in [-0.39, 0.29) is 27.9 Å². The van der Waals surface area contributed by atoms with Crippen LogP contribution in [0, 0.1) is 24.0 Å². The quantitative estimate of drug-likeness (QED) is 0.456. The molecule has 0 aliphatic carbocycles. The lowest BCUT2D eigenvalue weighted by atomic mass is 10.1. The summed E-state index contributed by atoms with van der Waals surface area (Å²) in [6.07, 6.45) is 0. The summed E-state index contributed by atoms with van der Waals surface area (Å²) in [6, 6.07) is 2.55. The highest BCUT2D eigenvalue weighted by molar-refractivity contribution is 8.00. The monoisotopic (exact) mass is 251 g/mol. The maximum Gasteiger partial charge on any atom is 0.446 e. The zero-order valence-corrected chi connectivity index (χ0v) is 9.28. The molecule has 0 aliphatic rings. The van der Waals surface area contributed by atoms with Crippen LogP contribution in [-0.4, -0.2) is 10.4 Å². The van der Waals surface area contributed by atoms with Gasteiger partial charge in [-0.25, -0.2) is 0 Å². The number of nitro groups is 1. The minimum absolute atomic E-state index is 0.0397. The molecule has 1 aromatic carbocycles. The number of alkyl halides is 3. The molecule has 0 spiro atoms. The first kappa shape index (κ1) is 12.8. The first-order valence-electron chi connectivity index (χ1n) is 4.22. The van der Waals surface area contributed by atoms with Gasteiger partial charge in [-0.3, -0.25) is 10.1 Å². The van der Waals surface area contributed by atoms with Gasteiger partial charge in [0, 0.05) is 16.5 Å². The second-order valence-electron chi connectivity index (χ2n) is 3.21. The molecule has 0 aromatic heterocycles.